The lowest BCUT2D eigenvalue weighted by molar-refractivity contribution is 0.650. The molecule has 0 saturated heterocycles. The van der Waals surface area contributed by atoms with E-state index in [0.717, 1.165) is 15.8 Å². The molecule has 3 rings (SSSR count). The van der Waals surface area contributed by atoms with Gasteiger partial charge in [0.05, 0.1) is 17.4 Å². The molecule has 0 amide bonds. The van der Waals surface area contributed by atoms with Gasteiger partial charge in [-0.05, 0) is 30.7 Å². The Morgan fingerprint density at radius 2 is 1.72 bits per heavy atom. The molecule has 0 saturated carbocycles. The SMILES string of the molecule is C[C@@H]1Nc2cc(Br)ccc2N[C@@H]1c1ccccc1. The monoisotopic (exact) mass is 302 g/mol. The molecule has 0 aromatic heterocycles. The first kappa shape index (κ1) is 11.6. The van der Waals surface area contributed by atoms with Crippen molar-refractivity contribution in [2.75, 3.05) is 10.6 Å². The molecule has 0 radical (unpaired) electrons. The van der Waals surface area contributed by atoms with Gasteiger partial charge in [-0.1, -0.05) is 46.3 Å². The summed E-state index contributed by atoms with van der Waals surface area (Å²) in [7, 11) is 0. The fourth-order valence-electron chi connectivity index (χ4n) is 2.42. The van der Waals surface area contributed by atoms with Crippen LogP contribution in [0.5, 0.6) is 0 Å². The van der Waals surface area contributed by atoms with E-state index in [2.05, 4.69) is 82.0 Å². The van der Waals surface area contributed by atoms with Crippen LogP contribution in [0.15, 0.2) is 53.0 Å². The lowest BCUT2D eigenvalue weighted by Crippen LogP contribution is -2.34. The van der Waals surface area contributed by atoms with Crippen molar-refractivity contribution in [3.63, 3.8) is 0 Å². The summed E-state index contributed by atoms with van der Waals surface area (Å²) in [6.45, 7) is 2.20. The summed E-state index contributed by atoms with van der Waals surface area (Å²) in [6, 6.07) is 17.5. The van der Waals surface area contributed by atoms with Crippen molar-refractivity contribution in [3.05, 3.63) is 58.6 Å². The highest BCUT2D eigenvalue weighted by Gasteiger charge is 2.25. The van der Waals surface area contributed by atoms with Gasteiger partial charge in [-0.15, -0.1) is 0 Å². The van der Waals surface area contributed by atoms with Crippen molar-refractivity contribution in [2.45, 2.75) is 19.0 Å². The zero-order chi connectivity index (χ0) is 12.5. The Morgan fingerprint density at radius 3 is 2.50 bits per heavy atom. The zero-order valence-electron chi connectivity index (χ0n) is 10.2. The highest BCUT2D eigenvalue weighted by atomic mass is 79.9. The van der Waals surface area contributed by atoms with Gasteiger partial charge in [-0.2, -0.15) is 0 Å². The Hall–Kier alpha value is -1.48. The quantitative estimate of drug-likeness (QED) is 0.815. The van der Waals surface area contributed by atoms with Gasteiger partial charge in [-0.3, -0.25) is 0 Å². The summed E-state index contributed by atoms with van der Waals surface area (Å²) in [5, 5.41) is 7.16. The van der Waals surface area contributed by atoms with Gasteiger partial charge >= 0.3 is 0 Å². The second kappa shape index (κ2) is 4.65. The molecule has 3 heteroatoms. The van der Waals surface area contributed by atoms with Crippen LogP contribution in [0.3, 0.4) is 0 Å². The minimum absolute atomic E-state index is 0.305. The first-order valence-electron chi connectivity index (χ1n) is 6.11. The van der Waals surface area contributed by atoms with Gasteiger partial charge in [0, 0.05) is 10.5 Å². The summed E-state index contributed by atoms with van der Waals surface area (Å²) >= 11 is 3.50. The third-order valence-corrected chi connectivity index (χ3v) is 3.83. The van der Waals surface area contributed by atoms with Crippen molar-refractivity contribution >= 4 is 27.3 Å². The molecule has 2 nitrogen and oxygen atoms in total. The first-order valence-corrected chi connectivity index (χ1v) is 6.91. The Kier molecular flexibility index (Phi) is 3.00. The normalized spacial score (nSPS) is 21.7. The topological polar surface area (TPSA) is 24.1 Å². The van der Waals surface area contributed by atoms with E-state index in [1.165, 1.54) is 5.56 Å². The Labute approximate surface area is 116 Å². The zero-order valence-corrected chi connectivity index (χ0v) is 11.7. The van der Waals surface area contributed by atoms with E-state index in [-0.39, 0.29) is 0 Å². The van der Waals surface area contributed by atoms with Gasteiger partial charge in [0.15, 0.2) is 0 Å². The largest absolute Gasteiger partial charge is 0.378 e. The summed E-state index contributed by atoms with van der Waals surface area (Å²) in [4.78, 5) is 0. The van der Waals surface area contributed by atoms with E-state index in [0.29, 0.717) is 12.1 Å². The predicted molar refractivity (Wildman–Crippen MR) is 80.0 cm³/mol. The first-order chi connectivity index (χ1) is 8.74. The summed E-state index contributed by atoms with van der Waals surface area (Å²) in [5.74, 6) is 0. The Bertz CT molecular complexity index is 554. The maximum absolute atomic E-state index is 3.61. The van der Waals surface area contributed by atoms with Crippen molar-refractivity contribution in [3.8, 4) is 0 Å². The van der Waals surface area contributed by atoms with E-state index in [1.807, 2.05) is 0 Å². The third kappa shape index (κ3) is 2.10. The summed E-state index contributed by atoms with van der Waals surface area (Å²) < 4.78 is 1.10. The highest BCUT2D eigenvalue weighted by molar-refractivity contribution is 9.10. The van der Waals surface area contributed by atoms with Gasteiger partial charge in [0.1, 0.15) is 0 Å². The molecular weight excluding hydrogens is 288 g/mol. The molecule has 0 bridgehead atoms. The van der Waals surface area contributed by atoms with Crippen LogP contribution < -0.4 is 10.6 Å². The predicted octanol–water partition coefficient (Wildman–Crippen LogP) is 4.42. The van der Waals surface area contributed by atoms with Gasteiger partial charge in [-0.25, -0.2) is 0 Å². The van der Waals surface area contributed by atoms with Crippen LogP contribution in [0.2, 0.25) is 0 Å². The molecule has 92 valence electrons. The van der Waals surface area contributed by atoms with E-state index in [4.69, 9.17) is 0 Å². The van der Waals surface area contributed by atoms with Crippen molar-refractivity contribution in [2.24, 2.45) is 0 Å². The molecule has 0 fully saturated rings. The molecule has 0 spiro atoms. The Balaban J connectivity index is 1.95. The van der Waals surface area contributed by atoms with Crippen molar-refractivity contribution < 1.29 is 0 Å². The van der Waals surface area contributed by atoms with Crippen molar-refractivity contribution in [1.82, 2.24) is 0 Å². The minimum atomic E-state index is 0.305. The molecular formula is C15H15BrN2. The number of hydrogen-bond donors (Lipinski definition) is 2. The number of fused-ring (bicyclic) bond motifs is 1. The fraction of sp³-hybridized carbons (Fsp3) is 0.200. The van der Waals surface area contributed by atoms with Crippen LogP contribution in [0.1, 0.15) is 18.5 Å². The molecule has 2 aromatic carbocycles. The molecule has 0 aliphatic carbocycles. The second-order valence-corrected chi connectivity index (χ2v) is 5.57. The lowest BCUT2D eigenvalue weighted by atomic mass is 9.97. The number of anilines is 2. The number of hydrogen-bond acceptors (Lipinski definition) is 2. The van der Waals surface area contributed by atoms with Crippen LogP contribution in [0.4, 0.5) is 11.4 Å². The van der Waals surface area contributed by atoms with Gasteiger partial charge in [0.2, 0.25) is 0 Å². The van der Waals surface area contributed by atoms with E-state index in [1.54, 1.807) is 0 Å². The van der Waals surface area contributed by atoms with Crippen LogP contribution >= 0.6 is 15.9 Å². The molecule has 1 heterocycles. The summed E-state index contributed by atoms with van der Waals surface area (Å²) in [6.07, 6.45) is 0. The standard InChI is InChI=1S/C15H15BrN2/c1-10-15(11-5-3-2-4-6-11)18-13-8-7-12(16)9-14(13)17-10/h2-10,15,17-18H,1H3/t10-,15-/m0/s1. The minimum Gasteiger partial charge on any atom is -0.378 e. The van der Waals surface area contributed by atoms with Crippen LogP contribution in [0, 0.1) is 0 Å². The molecule has 18 heavy (non-hydrogen) atoms. The molecule has 2 atom stereocenters. The number of rotatable bonds is 1. The van der Waals surface area contributed by atoms with Crippen LogP contribution in [-0.2, 0) is 0 Å². The van der Waals surface area contributed by atoms with Gasteiger partial charge in [0.25, 0.3) is 0 Å². The van der Waals surface area contributed by atoms with E-state index < -0.39 is 0 Å². The average molecular weight is 303 g/mol. The molecule has 0 unspecified atom stereocenters. The molecule has 2 aromatic rings. The maximum Gasteiger partial charge on any atom is 0.0713 e. The third-order valence-electron chi connectivity index (χ3n) is 3.33. The summed E-state index contributed by atoms with van der Waals surface area (Å²) in [5.41, 5.74) is 3.63. The molecule has 1 aliphatic rings. The smallest absolute Gasteiger partial charge is 0.0713 e. The lowest BCUT2D eigenvalue weighted by Gasteiger charge is -2.34. The molecule has 1 aliphatic heterocycles. The number of halogens is 1. The van der Waals surface area contributed by atoms with E-state index >= 15 is 0 Å². The highest BCUT2D eigenvalue weighted by Crippen LogP contribution is 2.36. The number of nitrogens with one attached hydrogen (secondary N) is 2. The average Bonchev–Trinajstić information content (AvgIpc) is 2.39. The van der Waals surface area contributed by atoms with Crippen LogP contribution in [0.25, 0.3) is 0 Å². The Morgan fingerprint density at radius 1 is 0.944 bits per heavy atom. The van der Waals surface area contributed by atoms with E-state index in [9.17, 15) is 0 Å². The second-order valence-electron chi connectivity index (χ2n) is 4.66. The van der Waals surface area contributed by atoms with Gasteiger partial charge < -0.3 is 10.6 Å². The van der Waals surface area contributed by atoms with Crippen molar-refractivity contribution in [1.29, 1.82) is 0 Å². The number of benzene rings is 2. The fourth-order valence-corrected chi connectivity index (χ4v) is 2.78. The van der Waals surface area contributed by atoms with Crippen LogP contribution in [-0.4, -0.2) is 6.04 Å². The maximum atomic E-state index is 3.61. The molecule has 2 N–H and O–H groups in total.